The number of hydrogen-bond donors (Lipinski definition) is 0. The van der Waals surface area contributed by atoms with Crippen molar-refractivity contribution < 1.29 is 26.3 Å². The Hall–Kier alpha value is -6.00. The molecule has 0 atom stereocenters. The Morgan fingerprint density at radius 2 is 0.732 bits per heavy atom. The Morgan fingerprint density at radius 1 is 0.393 bits per heavy atom. The zero-order valence-electron chi connectivity index (χ0n) is 30.2. The molecule has 3 aliphatic heterocycles. The highest BCUT2D eigenvalue weighted by molar-refractivity contribution is 7.16. The number of alkyl halides is 6. The molecule has 7 aromatic carbocycles. The third-order valence-corrected chi connectivity index (χ3v) is 15.3. The number of halogens is 6. The van der Waals surface area contributed by atoms with Gasteiger partial charge in [0.25, 0.3) is 6.71 Å². The molecule has 10 rings (SSSR count). The van der Waals surface area contributed by atoms with E-state index in [0.717, 1.165) is 75.0 Å². The van der Waals surface area contributed by atoms with Crippen LogP contribution in [0.4, 0.5) is 60.5 Å². The lowest BCUT2D eigenvalue weighted by molar-refractivity contribution is -0.138. The Bertz CT molecular complexity index is 2540. The van der Waals surface area contributed by atoms with Crippen LogP contribution < -0.4 is 36.6 Å². The molecule has 3 heterocycles. The van der Waals surface area contributed by atoms with Gasteiger partial charge in [0.05, 0.1) is 22.5 Å². The van der Waals surface area contributed by atoms with Crippen molar-refractivity contribution in [3.63, 3.8) is 0 Å². The van der Waals surface area contributed by atoms with Crippen LogP contribution in [0, 0.1) is 0 Å². The zero-order chi connectivity index (χ0) is 38.7. The van der Waals surface area contributed by atoms with E-state index < -0.39 is 31.6 Å². The molecular formula is C46H31BF6N2Si. The summed E-state index contributed by atoms with van der Waals surface area (Å²) in [6, 6.07) is 45.7. The number of nitrogens with zero attached hydrogens (tertiary/aromatic N) is 2. The maximum absolute atomic E-state index is 13.6. The summed E-state index contributed by atoms with van der Waals surface area (Å²) < 4.78 is 81.8. The summed E-state index contributed by atoms with van der Waals surface area (Å²) in [5.74, 6) is 0. The molecule has 3 aliphatic rings. The van der Waals surface area contributed by atoms with Crippen LogP contribution in [-0.4, -0.2) is 14.8 Å². The maximum Gasteiger partial charge on any atom is 0.416 e. The predicted molar refractivity (Wildman–Crippen MR) is 218 cm³/mol. The smallest absolute Gasteiger partial charge is 0.311 e. The van der Waals surface area contributed by atoms with Gasteiger partial charge in [0, 0.05) is 33.9 Å². The average molecular weight is 765 g/mol. The fourth-order valence-corrected chi connectivity index (χ4v) is 12.5. The summed E-state index contributed by atoms with van der Waals surface area (Å²) in [6.07, 6.45) is -8.90. The van der Waals surface area contributed by atoms with E-state index in [1.807, 2.05) is 54.6 Å². The van der Waals surface area contributed by atoms with Gasteiger partial charge in [-0.05, 0) is 88.2 Å². The Balaban J connectivity index is 1.24. The van der Waals surface area contributed by atoms with E-state index in [9.17, 15) is 26.3 Å². The highest BCUT2D eigenvalue weighted by Gasteiger charge is 2.51. The summed E-state index contributed by atoms with van der Waals surface area (Å²) in [7, 11) is -2.34. The molecular weight excluding hydrogens is 733 g/mol. The van der Waals surface area contributed by atoms with Gasteiger partial charge in [0.15, 0.2) is 0 Å². The fraction of sp³-hybridized carbons (Fsp3) is 0.0870. The largest absolute Gasteiger partial charge is 0.416 e. The van der Waals surface area contributed by atoms with Gasteiger partial charge >= 0.3 is 12.4 Å². The van der Waals surface area contributed by atoms with E-state index in [1.165, 1.54) is 45.6 Å². The summed E-state index contributed by atoms with van der Waals surface area (Å²) in [5, 5.41) is 2.67. The van der Waals surface area contributed by atoms with Gasteiger partial charge in [0.1, 0.15) is 8.07 Å². The predicted octanol–water partition coefficient (Wildman–Crippen LogP) is 10.3. The molecule has 0 saturated carbocycles. The molecule has 0 saturated heterocycles. The minimum absolute atomic E-state index is 0.0944. The van der Waals surface area contributed by atoms with Crippen molar-refractivity contribution in [2.75, 3.05) is 9.80 Å². The molecule has 56 heavy (non-hydrogen) atoms. The SMILES string of the molecule is C[Si]1(C)c2cccc3c2B2c4c(cccc4N(c4ccccc4-c4ccc(C(F)(F)F)cc4)c4cccc1c42)N3c1ccccc1-c1ccc(C(F)(F)F)cc1. The summed E-state index contributed by atoms with van der Waals surface area (Å²) in [6.45, 7) is 4.67. The Kier molecular flexibility index (Phi) is 7.39. The van der Waals surface area contributed by atoms with Crippen LogP contribution in [0.1, 0.15) is 11.1 Å². The minimum Gasteiger partial charge on any atom is -0.311 e. The van der Waals surface area contributed by atoms with Crippen LogP contribution in [0.2, 0.25) is 13.1 Å². The molecule has 274 valence electrons. The van der Waals surface area contributed by atoms with Crippen molar-refractivity contribution in [3.05, 3.63) is 163 Å². The maximum atomic E-state index is 13.6. The molecule has 0 spiro atoms. The summed E-state index contributed by atoms with van der Waals surface area (Å²) >= 11 is 0. The third kappa shape index (κ3) is 4.97. The van der Waals surface area contributed by atoms with Crippen LogP contribution >= 0.6 is 0 Å². The minimum atomic E-state index is -4.45. The number of benzene rings is 7. The molecule has 0 radical (unpaired) electrons. The molecule has 0 fully saturated rings. The Labute approximate surface area is 321 Å². The first-order valence-electron chi connectivity index (χ1n) is 18.4. The van der Waals surface area contributed by atoms with Crippen molar-refractivity contribution >= 4 is 75.7 Å². The quantitative estimate of drug-likeness (QED) is 0.130. The van der Waals surface area contributed by atoms with Crippen molar-refractivity contribution in [3.8, 4) is 22.3 Å². The molecule has 7 aromatic rings. The van der Waals surface area contributed by atoms with Crippen molar-refractivity contribution in [1.29, 1.82) is 0 Å². The molecule has 0 amide bonds. The fourth-order valence-electron chi connectivity index (χ4n) is 9.28. The zero-order valence-corrected chi connectivity index (χ0v) is 31.2. The van der Waals surface area contributed by atoms with E-state index in [4.69, 9.17) is 0 Å². The first kappa shape index (κ1) is 34.5. The van der Waals surface area contributed by atoms with Crippen LogP contribution in [0.3, 0.4) is 0 Å². The van der Waals surface area contributed by atoms with Crippen molar-refractivity contribution in [2.45, 2.75) is 25.4 Å². The van der Waals surface area contributed by atoms with E-state index in [1.54, 1.807) is 0 Å². The van der Waals surface area contributed by atoms with Crippen molar-refractivity contribution in [2.24, 2.45) is 0 Å². The van der Waals surface area contributed by atoms with Gasteiger partial charge in [-0.1, -0.05) is 114 Å². The average Bonchev–Trinajstić information content (AvgIpc) is 3.19. The second-order valence-electron chi connectivity index (χ2n) is 15.1. The van der Waals surface area contributed by atoms with E-state index >= 15 is 0 Å². The van der Waals surface area contributed by atoms with E-state index in [-0.39, 0.29) is 6.71 Å². The second-order valence-corrected chi connectivity index (χ2v) is 19.4. The number of anilines is 6. The number of rotatable bonds is 4. The van der Waals surface area contributed by atoms with Gasteiger partial charge in [-0.3, -0.25) is 0 Å². The van der Waals surface area contributed by atoms with Crippen LogP contribution in [0.25, 0.3) is 22.3 Å². The molecule has 2 nitrogen and oxygen atoms in total. The Morgan fingerprint density at radius 3 is 1.12 bits per heavy atom. The first-order chi connectivity index (χ1) is 26.8. The molecule has 10 heteroatoms. The molecule has 0 bridgehead atoms. The van der Waals surface area contributed by atoms with Gasteiger partial charge < -0.3 is 9.80 Å². The first-order valence-corrected chi connectivity index (χ1v) is 21.4. The topological polar surface area (TPSA) is 6.48 Å². The highest BCUT2D eigenvalue weighted by Crippen LogP contribution is 2.48. The molecule has 0 N–H and O–H groups in total. The molecule has 0 aliphatic carbocycles. The number of hydrogen-bond acceptors (Lipinski definition) is 2. The lowest BCUT2D eigenvalue weighted by atomic mass is 9.33. The highest BCUT2D eigenvalue weighted by atomic mass is 28.3. The third-order valence-electron chi connectivity index (χ3n) is 11.7. The van der Waals surface area contributed by atoms with E-state index in [0.29, 0.717) is 11.1 Å². The second kappa shape index (κ2) is 12.0. The molecule has 0 unspecified atom stereocenters. The molecule has 0 aromatic heterocycles. The van der Waals surface area contributed by atoms with Crippen LogP contribution in [0.15, 0.2) is 152 Å². The van der Waals surface area contributed by atoms with E-state index in [2.05, 4.69) is 71.4 Å². The summed E-state index contributed by atoms with van der Waals surface area (Å²) in [5.41, 5.74) is 10.8. The summed E-state index contributed by atoms with van der Waals surface area (Å²) in [4.78, 5) is 4.54. The van der Waals surface area contributed by atoms with Gasteiger partial charge in [-0.2, -0.15) is 26.3 Å². The lowest BCUT2D eigenvalue weighted by Gasteiger charge is -2.50. The van der Waals surface area contributed by atoms with Crippen LogP contribution in [-0.2, 0) is 12.4 Å². The van der Waals surface area contributed by atoms with Crippen molar-refractivity contribution in [1.82, 2.24) is 0 Å². The standard InChI is InChI=1S/C46H31BF6N2Si/c1-56(2)40-18-8-16-38-43(40)47-42-36(54(38)34-12-5-3-10-32(34)28-20-24-30(25-21-28)45(48,49)50)14-7-15-37(42)55(39-17-9-19-41(56)44(39)47)35-13-6-4-11-33(35)29-22-26-31(27-23-29)46(51,52)53/h3-27H,1-2H3. The normalized spacial score (nSPS) is 14.8. The monoisotopic (exact) mass is 764 g/mol. The van der Waals surface area contributed by atoms with Gasteiger partial charge in [-0.15, -0.1) is 0 Å². The van der Waals surface area contributed by atoms with Crippen LogP contribution in [0.5, 0.6) is 0 Å². The van der Waals surface area contributed by atoms with Gasteiger partial charge in [-0.25, -0.2) is 0 Å². The number of para-hydroxylation sites is 2. The lowest BCUT2D eigenvalue weighted by Crippen LogP contribution is -2.79. The van der Waals surface area contributed by atoms with Gasteiger partial charge in [0.2, 0.25) is 0 Å².